The van der Waals surface area contributed by atoms with E-state index in [0.29, 0.717) is 5.92 Å². The zero-order valence-corrected chi connectivity index (χ0v) is 12.3. The molecule has 1 saturated heterocycles. The third-order valence-electron chi connectivity index (χ3n) is 4.64. The monoisotopic (exact) mass is 279 g/mol. The van der Waals surface area contributed by atoms with Crippen LogP contribution in [0.4, 0.5) is 0 Å². The average Bonchev–Trinajstić information content (AvgIpc) is 2.94. The highest BCUT2D eigenvalue weighted by atomic mass is 16.5. The number of rotatable bonds is 4. The normalized spacial score (nSPS) is 17.3. The van der Waals surface area contributed by atoms with Gasteiger partial charge >= 0.3 is 0 Å². The largest absolute Gasteiger partial charge is 0.493 e. The summed E-state index contributed by atoms with van der Waals surface area (Å²) in [5, 5.41) is 3.27. The van der Waals surface area contributed by atoms with Crippen molar-refractivity contribution in [3.8, 4) is 16.9 Å². The topological polar surface area (TPSA) is 21.3 Å². The summed E-state index contributed by atoms with van der Waals surface area (Å²) in [4.78, 5) is 0. The van der Waals surface area contributed by atoms with E-state index < -0.39 is 0 Å². The average molecular weight is 279 g/mol. The van der Waals surface area contributed by atoms with Crippen molar-refractivity contribution in [2.75, 3.05) is 19.7 Å². The molecule has 0 aromatic heterocycles. The summed E-state index contributed by atoms with van der Waals surface area (Å²) in [5.41, 5.74) is 5.67. The highest BCUT2D eigenvalue weighted by Crippen LogP contribution is 2.29. The summed E-state index contributed by atoms with van der Waals surface area (Å²) >= 11 is 0. The lowest BCUT2D eigenvalue weighted by Gasteiger charge is -2.26. The molecule has 0 spiro atoms. The molecule has 1 heterocycles. The standard InChI is InChI=1S/C19H21NO/c1-2-15-4-5-18(10-17(15)3-1)16-6-8-19(9-7-16)21-13-14-11-20-12-14/h4-10,14,20H,1-3,11-13H2. The fourth-order valence-electron chi connectivity index (χ4n) is 3.18. The Labute approximate surface area is 126 Å². The van der Waals surface area contributed by atoms with Gasteiger partial charge in [0.1, 0.15) is 5.75 Å². The van der Waals surface area contributed by atoms with Crippen LogP contribution >= 0.6 is 0 Å². The third-order valence-corrected chi connectivity index (χ3v) is 4.64. The van der Waals surface area contributed by atoms with E-state index in [0.717, 1.165) is 25.4 Å². The van der Waals surface area contributed by atoms with Crippen molar-refractivity contribution < 1.29 is 4.74 Å². The van der Waals surface area contributed by atoms with Crippen molar-refractivity contribution in [1.82, 2.24) is 5.32 Å². The molecular weight excluding hydrogens is 258 g/mol. The van der Waals surface area contributed by atoms with Crippen LogP contribution in [0.2, 0.25) is 0 Å². The molecule has 2 aromatic rings. The van der Waals surface area contributed by atoms with E-state index in [2.05, 4.69) is 47.8 Å². The molecule has 1 N–H and O–H groups in total. The van der Waals surface area contributed by atoms with Gasteiger partial charge in [-0.2, -0.15) is 0 Å². The van der Waals surface area contributed by atoms with Gasteiger partial charge in [0.15, 0.2) is 0 Å². The number of nitrogens with one attached hydrogen (secondary N) is 1. The van der Waals surface area contributed by atoms with Crippen LogP contribution in [0.25, 0.3) is 11.1 Å². The number of benzene rings is 2. The van der Waals surface area contributed by atoms with Crippen molar-refractivity contribution in [2.24, 2.45) is 5.92 Å². The fraction of sp³-hybridized carbons (Fsp3) is 0.368. The van der Waals surface area contributed by atoms with Crippen molar-refractivity contribution >= 4 is 0 Å². The highest BCUT2D eigenvalue weighted by molar-refractivity contribution is 5.66. The number of hydrogen-bond donors (Lipinski definition) is 1. The molecule has 2 nitrogen and oxygen atoms in total. The van der Waals surface area contributed by atoms with Crippen LogP contribution in [0.3, 0.4) is 0 Å². The lowest BCUT2D eigenvalue weighted by Crippen LogP contribution is -2.45. The van der Waals surface area contributed by atoms with Crippen LogP contribution in [-0.4, -0.2) is 19.7 Å². The van der Waals surface area contributed by atoms with E-state index in [1.807, 2.05) is 0 Å². The second kappa shape index (κ2) is 5.53. The molecule has 1 fully saturated rings. The third kappa shape index (κ3) is 2.68. The molecule has 0 unspecified atom stereocenters. The van der Waals surface area contributed by atoms with Crippen molar-refractivity contribution in [3.63, 3.8) is 0 Å². The number of fused-ring (bicyclic) bond motifs is 1. The minimum Gasteiger partial charge on any atom is -0.493 e. The summed E-state index contributed by atoms with van der Waals surface area (Å²) in [6, 6.07) is 15.4. The first kappa shape index (κ1) is 12.9. The van der Waals surface area contributed by atoms with Gasteiger partial charge in [-0.25, -0.2) is 0 Å². The minimum absolute atomic E-state index is 0.682. The maximum Gasteiger partial charge on any atom is 0.119 e. The summed E-state index contributed by atoms with van der Waals surface area (Å²) < 4.78 is 5.83. The summed E-state index contributed by atoms with van der Waals surface area (Å²) in [5.74, 6) is 1.66. The maximum absolute atomic E-state index is 5.83. The van der Waals surface area contributed by atoms with E-state index in [1.54, 1.807) is 0 Å². The van der Waals surface area contributed by atoms with Gasteiger partial charge in [-0.05, 0) is 53.6 Å². The number of aryl methyl sites for hydroxylation is 2. The predicted molar refractivity (Wildman–Crippen MR) is 85.8 cm³/mol. The van der Waals surface area contributed by atoms with E-state index in [1.165, 1.54) is 41.5 Å². The Morgan fingerprint density at radius 2 is 1.67 bits per heavy atom. The van der Waals surface area contributed by atoms with Gasteiger partial charge in [-0.3, -0.25) is 0 Å². The molecule has 1 aliphatic carbocycles. The summed E-state index contributed by atoms with van der Waals surface area (Å²) in [6.07, 6.45) is 3.79. The quantitative estimate of drug-likeness (QED) is 0.925. The summed E-state index contributed by atoms with van der Waals surface area (Å²) in [6.45, 7) is 3.01. The fourth-order valence-corrected chi connectivity index (χ4v) is 3.18. The van der Waals surface area contributed by atoms with Crippen LogP contribution in [0.1, 0.15) is 17.5 Å². The van der Waals surface area contributed by atoms with Crippen LogP contribution < -0.4 is 10.1 Å². The Morgan fingerprint density at radius 3 is 2.43 bits per heavy atom. The Hall–Kier alpha value is -1.80. The van der Waals surface area contributed by atoms with Crippen LogP contribution in [-0.2, 0) is 12.8 Å². The Morgan fingerprint density at radius 1 is 0.905 bits per heavy atom. The second-order valence-corrected chi connectivity index (χ2v) is 6.20. The second-order valence-electron chi connectivity index (χ2n) is 6.20. The molecule has 4 rings (SSSR count). The molecule has 1 aliphatic heterocycles. The number of hydrogen-bond acceptors (Lipinski definition) is 2. The first-order valence-electron chi connectivity index (χ1n) is 7.94. The van der Waals surface area contributed by atoms with Gasteiger partial charge in [0, 0.05) is 19.0 Å². The first-order chi connectivity index (χ1) is 10.4. The van der Waals surface area contributed by atoms with Crippen molar-refractivity contribution in [2.45, 2.75) is 19.3 Å². The van der Waals surface area contributed by atoms with Crippen LogP contribution in [0, 0.1) is 5.92 Å². The molecule has 0 radical (unpaired) electrons. The maximum atomic E-state index is 5.83. The van der Waals surface area contributed by atoms with E-state index in [4.69, 9.17) is 4.74 Å². The van der Waals surface area contributed by atoms with Gasteiger partial charge < -0.3 is 10.1 Å². The molecule has 21 heavy (non-hydrogen) atoms. The van der Waals surface area contributed by atoms with Crippen LogP contribution in [0.5, 0.6) is 5.75 Å². The van der Waals surface area contributed by atoms with E-state index in [-0.39, 0.29) is 0 Å². The van der Waals surface area contributed by atoms with E-state index in [9.17, 15) is 0 Å². The molecular formula is C19H21NO. The molecule has 2 aliphatic rings. The molecule has 0 bridgehead atoms. The zero-order valence-electron chi connectivity index (χ0n) is 12.3. The Balaban J connectivity index is 1.47. The van der Waals surface area contributed by atoms with Gasteiger partial charge in [0.05, 0.1) is 6.61 Å². The molecule has 2 aromatic carbocycles. The lowest BCUT2D eigenvalue weighted by atomic mass is 10.0. The van der Waals surface area contributed by atoms with Gasteiger partial charge in [0.2, 0.25) is 0 Å². The zero-order chi connectivity index (χ0) is 14.1. The van der Waals surface area contributed by atoms with E-state index >= 15 is 0 Å². The first-order valence-corrected chi connectivity index (χ1v) is 7.94. The molecule has 108 valence electrons. The molecule has 0 atom stereocenters. The smallest absolute Gasteiger partial charge is 0.119 e. The van der Waals surface area contributed by atoms with Gasteiger partial charge in [0.25, 0.3) is 0 Å². The van der Waals surface area contributed by atoms with Gasteiger partial charge in [-0.15, -0.1) is 0 Å². The van der Waals surface area contributed by atoms with Crippen molar-refractivity contribution in [3.05, 3.63) is 53.6 Å². The number of ether oxygens (including phenoxy) is 1. The van der Waals surface area contributed by atoms with Gasteiger partial charge in [-0.1, -0.05) is 30.3 Å². The highest BCUT2D eigenvalue weighted by Gasteiger charge is 2.17. The van der Waals surface area contributed by atoms with Crippen molar-refractivity contribution in [1.29, 1.82) is 0 Å². The Bertz CT molecular complexity index is 629. The van der Waals surface area contributed by atoms with Crippen LogP contribution in [0.15, 0.2) is 42.5 Å². The SMILES string of the molecule is c1cc(-c2ccc3c(c2)CCC3)ccc1OCC1CNC1. The minimum atomic E-state index is 0.682. The predicted octanol–water partition coefficient (Wildman–Crippen LogP) is 3.44. The molecule has 0 saturated carbocycles. The molecule has 2 heteroatoms. The molecule has 0 amide bonds. The Kier molecular flexibility index (Phi) is 3.40. The summed E-state index contributed by atoms with van der Waals surface area (Å²) in [7, 11) is 0. The lowest BCUT2D eigenvalue weighted by molar-refractivity contribution is 0.199.